The van der Waals surface area contributed by atoms with Crippen molar-refractivity contribution in [2.45, 2.75) is 58.1 Å². The molecule has 2 atom stereocenters. The normalized spacial score (nSPS) is 13.7. The molecule has 0 radical (unpaired) electrons. The number of carbonyl (C=O) groups is 2. The molecule has 6 nitrogen and oxygen atoms in total. The van der Waals surface area contributed by atoms with Crippen LogP contribution in [0.3, 0.4) is 0 Å². The predicted molar refractivity (Wildman–Crippen MR) is 68.4 cm³/mol. The molecule has 0 fully saturated rings. The topological polar surface area (TPSA) is 98.7 Å². The van der Waals surface area contributed by atoms with Gasteiger partial charge in [-0.3, -0.25) is 0 Å². The van der Waals surface area contributed by atoms with Crippen molar-refractivity contribution in [3.05, 3.63) is 0 Å². The van der Waals surface area contributed by atoms with Gasteiger partial charge in [0.25, 0.3) is 0 Å². The van der Waals surface area contributed by atoms with Crippen molar-refractivity contribution in [2.24, 2.45) is 0 Å². The number of unbranched alkanes of at least 4 members (excludes halogenated alkanes) is 1. The van der Waals surface area contributed by atoms with Crippen LogP contribution in [0.15, 0.2) is 0 Å². The fourth-order valence-electron chi connectivity index (χ4n) is 1.60. The van der Waals surface area contributed by atoms with E-state index in [-0.39, 0.29) is 12.6 Å². The van der Waals surface area contributed by atoms with E-state index in [1.165, 1.54) is 0 Å². The first kappa shape index (κ1) is 16.7. The van der Waals surface area contributed by atoms with E-state index in [4.69, 9.17) is 10.2 Å². The first-order valence-electron chi connectivity index (χ1n) is 6.46. The Kier molecular flexibility index (Phi) is 9.00. The fraction of sp³-hybridized carbons (Fsp3) is 0.833. The first-order valence-corrected chi connectivity index (χ1v) is 6.46. The maximum Gasteiger partial charge on any atom is 0.334 e. The lowest BCUT2D eigenvalue weighted by Crippen LogP contribution is -2.45. The zero-order valence-electron chi connectivity index (χ0n) is 11.1. The number of rotatable bonds is 9. The summed E-state index contributed by atoms with van der Waals surface area (Å²) in [4.78, 5) is 21.8. The van der Waals surface area contributed by atoms with Crippen molar-refractivity contribution in [3.8, 4) is 0 Å². The summed E-state index contributed by atoms with van der Waals surface area (Å²) in [5.74, 6) is -1.34. The molecule has 0 aromatic heterocycles. The summed E-state index contributed by atoms with van der Waals surface area (Å²) in [5, 5.41) is 22.6. The van der Waals surface area contributed by atoms with Gasteiger partial charge < -0.3 is 20.8 Å². The number of urea groups is 1. The van der Waals surface area contributed by atoms with Gasteiger partial charge in [0, 0.05) is 6.04 Å². The molecule has 0 aliphatic heterocycles. The highest BCUT2D eigenvalue weighted by atomic mass is 16.4. The lowest BCUT2D eigenvalue weighted by atomic mass is 10.1. The number of aliphatic hydroxyl groups excluding tert-OH is 1. The van der Waals surface area contributed by atoms with E-state index in [1.807, 2.05) is 6.92 Å². The molecule has 1 unspecified atom stereocenters. The third-order valence-electron chi connectivity index (χ3n) is 2.62. The number of carboxylic acids is 1. The van der Waals surface area contributed by atoms with E-state index in [1.54, 1.807) is 0 Å². The third kappa shape index (κ3) is 7.89. The van der Waals surface area contributed by atoms with E-state index in [2.05, 4.69) is 17.6 Å². The first-order chi connectivity index (χ1) is 8.51. The van der Waals surface area contributed by atoms with Gasteiger partial charge in [0.2, 0.25) is 0 Å². The highest BCUT2D eigenvalue weighted by Gasteiger charge is 2.15. The molecule has 0 rings (SSSR count). The molecular weight excluding hydrogens is 236 g/mol. The number of hydrogen-bond donors (Lipinski definition) is 4. The molecule has 0 aromatic rings. The minimum Gasteiger partial charge on any atom is -0.479 e. The molecule has 0 spiro atoms. The molecule has 6 heteroatoms. The molecule has 0 aromatic carbocycles. The average molecular weight is 260 g/mol. The van der Waals surface area contributed by atoms with Gasteiger partial charge in [-0.25, -0.2) is 9.59 Å². The van der Waals surface area contributed by atoms with Crippen molar-refractivity contribution in [1.29, 1.82) is 0 Å². The number of carboxylic acid groups (broad SMARTS) is 1. The minimum absolute atomic E-state index is 0.108. The Morgan fingerprint density at radius 2 is 1.83 bits per heavy atom. The Morgan fingerprint density at radius 3 is 2.33 bits per heavy atom. The number of aliphatic hydroxyl groups is 1. The Morgan fingerprint density at radius 1 is 1.17 bits per heavy atom. The van der Waals surface area contributed by atoms with Gasteiger partial charge in [-0.1, -0.05) is 33.1 Å². The second-order valence-corrected chi connectivity index (χ2v) is 4.34. The smallest absolute Gasteiger partial charge is 0.334 e. The van der Waals surface area contributed by atoms with E-state index in [0.29, 0.717) is 0 Å². The molecule has 0 saturated carbocycles. The van der Waals surface area contributed by atoms with Crippen LogP contribution in [0, 0.1) is 0 Å². The van der Waals surface area contributed by atoms with E-state index >= 15 is 0 Å². The lowest BCUT2D eigenvalue weighted by molar-refractivity contribution is -0.146. The summed E-state index contributed by atoms with van der Waals surface area (Å²) < 4.78 is 0. The Balaban J connectivity index is 3.97. The summed E-state index contributed by atoms with van der Waals surface area (Å²) >= 11 is 0. The quantitative estimate of drug-likeness (QED) is 0.498. The second-order valence-electron chi connectivity index (χ2n) is 4.34. The molecule has 0 heterocycles. The van der Waals surface area contributed by atoms with Gasteiger partial charge in [-0.05, 0) is 12.8 Å². The van der Waals surface area contributed by atoms with Crippen LogP contribution in [0.25, 0.3) is 0 Å². The number of aliphatic carboxylic acids is 1. The molecule has 0 aliphatic rings. The third-order valence-corrected chi connectivity index (χ3v) is 2.62. The number of carbonyl (C=O) groups excluding carboxylic acids is 1. The van der Waals surface area contributed by atoms with E-state index in [9.17, 15) is 9.59 Å². The number of hydrogen-bond acceptors (Lipinski definition) is 3. The summed E-state index contributed by atoms with van der Waals surface area (Å²) in [6, 6.07) is -0.318. The van der Waals surface area contributed by atoms with Crippen molar-refractivity contribution < 1.29 is 19.8 Å². The highest BCUT2D eigenvalue weighted by molar-refractivity contribution is 5.76. The van der Waals surface area contributed by atoms with Crippen molar-refractivity contribution >= 4 is 12.0 Å². The predicted octanol–water partition coefficient (Wildman–Crippen LogP) is 1.09. The monoisotopic (exact) mass is 260 g/mol. The average Bonchev–Trinajstić information content (AvgIpc) is 2.33. The van der Waals surface area contributed by atoms with Gasteiger partial charge in [0.05, 0.1) is 6.54 Å². The Bertz CT molecular complexity index is 258. The largest absolute Gasteiger partial charge is 0.479 e. The maximum absolute atomic E-state index is 11.5. The van der Waals surface area contributed by atoms with Gasteiger partial charge >= 0.3 is 12.0 Å². The molecule has 0 aliphatic carbocycles. The van der Waals surface area contributed by atoms with E-state index in [0.717, 1.165) is 32.1 Å². The van der Waals surface area contributed by atoms with Crippen LogP contribution in [-0.4, -0.2) is 40.9 Å². The van der Waals surface area contributed by atoms with Gasteiger partial charge in [-0.15, -0.1) is 0 Å². The summed E-state index contributed by atoms with van der Waals surface area (Å²) in [6.45, 7) is 3.85. The molecule has 2 amide bonds. The Hall–Kier alpha value is -1.30. The zero-order chi connectivity index (χ0) is 14.0. The number of nitrogens with one attached hydrogen (secondary N) is 2. The zero-order valence-corrected chi connectivity index (χ0v) is 11.1. The summed E-state index contributed by atoms with van der Waals surface area (Å²) in [6.07, 6.45) is 3.35. The maximum atomic E-state index is 11.5. The Labute approximate surface area is 108 Å². The molecule has 106 valence electrons. The van der Waals surface area contributed by atoms with Crippen LogP contribution in [-0.2, 0) is 4.79 Å². The minimum atomic E-state index is -1.56. The van der Waals surface area contributed by atoms with Crippen LogP contribution < -0.4 is 10.6 Å². The standard InChI is InChI=1S/C12H24N2O4/c1-3-5-7-9(6-4-2)14-12(18)13-8-10(15)11(16)17/h9-10,15H,3-8H2,1-2H3,(H,16,17)(H2,13,14,18)/t9?,10-/m0/s1. The fourth-order valence-corrected chi connectivity index (χ4v) is 1.60. The van der Waals surface area contributed by atoms with Crippen LogP contribution in [0.5, 0.6) is 0 Å². The SMILES string of the molecule is CCCCC(CCC)NC(=O)NC[C@H](O)C(=O)O. The van der Waals surface area contributed by atoms with Gasteiger partial charge in [-0.2, -0.15) is 0 Å². The van der Waals surface area contributed by atoms with Crippen LogP contribution in [0.4, 0.5) is 4.79 Å². The van der Waals surface area contributed by atoms with Gasteiger partial charge in [0.1, 0.15) is 0 Å². The van der Waals surface area contributed by atoms with Crippen LogP contribution in [0.2, 0.25) is 0 Å². The lowest BCUT2D eigenvalue weighted by Gasteiger charge is -2.18. The molecule has 4 N–H and O–H groups in total. The highest BCUT2D eigenvalue weighted by Crippen LogP contribution is 2.06. The molecule has 0 saturated heterocycles. The van der Waals surface area contributed by atoms with Crippen LogP contribution in [0.1, 0.15) is 46.0 Å². The van der Waals surface area contributed by atoms with Crippen molar-refractivity contribution in [3.63, 3.8) is 0 Å². The van der Waals surface area contributed by atoms with Gasteiger partial charge in [0.15, 0.2) is 6.10 Å². The van der Waals surface area contributed by atoms with Crippen molar-refractivity contribution in [1.82, 2.24) is 10.6 Å². The molecule has 18 heavy (non-hydrogen) atoms. The van der Waals surface area contributed by atoms with E-state index < -0.39 is 18.1 Å². The molecular formula is C12H24N2O4. The number of amides is 2. The second kappa shape index (κ2) is 9.70. The van der Waals surface area contributed by atoms with Crippen LogP contribution >= 0.6 is 0 Å². The molecule has 0 bridgehead atoms. The summed E-state index contributed by atoms with van der Waals surface area (Å²) in [5.41, 5.74) is 0. The van der Waals surface area contributed by atoms with Crippen molar-refractivity contribution in [2.75, 3.05) is 6.54 Å². The summed E-state index contributed by atoms with van der Waals surface area (Å²) in [7, 11) is 0.